The van der Waals surface area contributed by atoms with Gasteiger partial charge in [0.2, 0.25) is 0 Å². The van der Waals surface area contributed by atoms with Crippen LogP contribution >= 0.6 is 0 Å². The minimum atomic E-state index is 0.590. The van der Waals surface area contributed by atoms with Gasteiger partial charge in [0.15, 0.2) is 0 Å². The molecule has 3 nitrogen and oxygen atoms in total. The highest BCUT2D eigenvalue weighted by molar-refractivity contribution is 5.81. The summed E-state index contributed by atoms with van der Waals surface area (Å²) >= 11 is 0. The van der Waals surface area contributed by atoms with E-state index in [1.54, 1.807) is 6.33 Å². The number of aromatic amines is 1. The SMILES string of the molecule is CC(C)=CCCC(C)=CCOc1cccc2[nH]cnc12. The number of ether oxygens (including phenoxy) is 1. The molecule has 0 saturated carbocycles. The van der Waals surface area contributed by atoms with Crippen LogP contribution < -0.4 is 4.74 Å². The van der Waals surface area contributed by atoms with Crippen molar-refractivity contribution < 1.29 is 4.74 Å². The highest BCUT2D eigenvalue weighted by atomic mass is 16.5. The van der Waals surface area contributed by atoms with Crippen molar-refractivity contribution in [2.24, 2.45) is 0 Å². The molecule has 20 heavy (non-hydrogen) atoms. The number of hydrogen-bond donors (Lipinski definition) is 1. The van der Waals surface area contributed by atoms with Gasteiger partial charge >= 0.3 is 0 Å². The summed E-state index contributed by atoms with van der Waals surface area (Å²) in [6.45, 7) is 7.00. The van der Waals surface area contributed by atoms with Gasteiger partial charge in [0.05, 0.1) is 11.8 Å². The van der Waals surface area contributed by atoms with Gasteiger partial charge in [-0.25, -0.2) is 4.98 Å². The van der Waals surface area contributed by atoms with Gasteiger partial charge in [0.25, 0.3) is 0 Å². The summed E-state index contributed by atoms with van der Waals surface area (Å²) in [5.74, 6) is 0.831. The number of aromatic nitrogens is 2. The fourth-order valence-corrected chi connectivity index (χ4v) is 2.02. The monoisotopic (exact) mass is 270 g/mol. The van der Waals surface area contributed by atoms with Gasteiger partial charge in [-0.15, -0.1) is 0 Å². The van der Waals surface area contributed by atoms with Gasteiger partial charge < -0.3 is 9.72 Å². The summed E-state index contributed by atoms with van der Waals surface area (Å²) in [4.78, 5) is 7.36. The van der Waals surface area contributed by atoms with Crippen LogP contribution in [0.3, 0.4) is 0 Å². The van der Waals surface area contributed by atoms with Crippen LogP contribution in [-0.2, 0) is 0 Å². The van der Waals surface area contributed by atoms with Crippen molar-refractivity contribution in [3.05, 3.63) is 47.8 Å². The van der Waals surface area contributed by atoms with E-state index < -0.39 is 0 Å². The maximum atomic E-state index is 5.80. The molecule has 0 spiro atoms. The summed E-state index contributed by atoms with van der Waals surface area (Å²) in [5, 5.41) is 0. The fraction of sp³-hybridized carbons (Fsp3) is 0.353. The first-order valence-corrected chi connectivity index (χ1v) is 7.00. The number of nitrogens with one attached hydrogen (secondary N) is 1. The molecule has 1 N–H and O–H groups in total. The molecule has 0 aliphatic heterocycles. The average molecular weight is 270 g/mol. The molecular formula is C17H22N2O. The van der Waals surface area contributed by atoms with Crippen molar-refractivity contribution >= 4 is 11.0 Å². The van der Waals surface area contributed by atoms with E-state index in [-0.39, 0.29) is 0 Å². The summed E-state index contributed by atoms with van der Waals surface area (Å²) in [7, 11) is 0. The normalized spacial score (nSPS) is 11.7. The van der Waals surface area contributed by atoms with Gasteiger partial charge in [-0.05, 0) is 51.8 Å². The summed E-state index contributed by atoms with van der Waals surface area (Å²) in [6, 6.07) is 5.92. The third kappa shape index (κ3) is 3.98. The van der Waals surface area contributed by atoms with E-state index in [9.17, 15) is 0 Å². The quantitative estimate of drug-likeness (QED) is 0.777. The molecule has 0 aliphatic carbocycles. The van der Waals surface area contributed by atoms with Crippen molar-refractivity contribution in [3.63, 3.8) is 0 Å². The Balaban J connectivity index is 1.89. The standard InChI is InChI=1S/C17H22N2O/c1-13(2)6-4-7-14(3)10-11-20-16-9-5-8-15-17(16)19-12-18-15/h5-6,8-10,12H,4,7,11H2,1-3H3,(H,18,19). The van der Waals surface area contributed by atoms with Crippen molar-refractivity contribution in [2.75, 3.05) is 6.61 Å². The second-order valence-electron chi connectivity index (χ2n) is 5.24. The Morgan fingerprint density at radius 2 is 2.10 bits per heavy atom. The van der Waals surface area contributed by atoms with Crippen molar-refractivity contribution in [3.8, 4) is 5.75 Å². The number of hydrogen-bond acceptors (Lipinski definition) is 2. The molecule has 0 aliphatic rings. The van der Waals surface area contributed by atoms with Crippen LogP contribution in [0, 0.1) is 0 Å². The maximum Gasteiger partial charge on any atom is 0.147 e. The second kappa shape index (κ2) is 6.94. The Labute approximate surface area is 120 Å². The first-order chi connectivity index (χ1) is 9.66. The predicted molar refractivity (Wildman–Crippen MR) is 84.0 cm³/mol. The van der Waals surface area contributed by atoms with Crippen LogP contribution in [0.15, 0.2) is 47.8 Å². The number of rotatable bonds is 6. The van der Waals surface area contributed by atoms with Gasteiger partial charge in [-0.1, -0.05) is 23.3 Å². The van der Waals surface area contributed by atoms with Gasteiger partial charge in [0.1, 0.15) is 17.9 Å². The minimum absolute atomic E-state index is 0.590. The van der Waals surface area contributed by atoms with Crippen molar-refractivity contribution in [2.45, 2.75) is 33.6 Å². The third-order valence-corrected chi connectivity index (χ3v) is 3.17. The minimum Gasteiger partial charge on any atom is -0.487 e. The average Bonchev–Trinajstić information content (AvgIpc) is 2.87. The smallest absolute Gasteiger partial charge is 0.147 e. The van der Waals surface area contributed by atoms with E-state index in [0.29, 0.717) is 6.61 Å². The Kier molecular flexibility index (Phi) is 4.99. The van der Waals surface area contributed by atoms with Crippen LogP contribution in [0.25, 0.3) is 11.0 Å². The summed E-state index contributed by atoms with van der Waals surface area (Å²) < 4.78 is 5.80. The largest absolute Gasteiger partial charge is 0.487 e. The van der Waals surface area contributed by atoms with E-state index in [1.165, 1.54) is 11.1 Å². The van der Waals surface area contributed by atoms with Crippen LogP contribution in [-0.4, -0.2) is 16.6 Å². The number of para-hydroxylation sites is 1. The lowest BCUT2D eigenvalue weighted by molar-refractivity contribution is 0.365. The van der Waals surface area contributed by atoms with Crippen LogP contribution in [0.1, 0.15) is 33.6 Å². The first kappa shape index (κ1) is 14.4. The zero-order chi connectivity index (χ0) is 14.4. The molecule has 0 amide bonds. The molecule has 1 aromatic carbocycles. The Bertz CT molecular complexity index is 619. The van der Waals surface area contributed by atoms with E-state index in [1.807, 2.05) is 18.2 Å². The van der Waals surface area contributed by atoms with E-state index in [2.05, 4.69) is 42.9 Å². The van der Waals surface area contributed by atoms with E-state index in [0.717, 1.165) is 29.6 Å². The molecule has 2 aromatic rings. The van der Waals surface area contributed by atoms with Crippen molar-refractivity contribution in [1.29, 1.82) is 0 Å². The Hall–Kier alpha value is -2.03. The van der Waals surface area contributed by atoms with Crippen LogP contribution in [0.5, 0.6) is 5.75 Å². The molecule has 0 radical (unpaired) electrons. The number of fused-ring (bicyclic) bond motifs is 1. The zero-order valence-electron chi connectivity index (χ0n) is 12.4. The van der Waals surface area contributed by atoms with Crippen LogP contribution in [0.4, 0.5) is 0 Å². The number of H-pyrrole nitrogens is 1. The molecule has 2 rings (SSSR count). The Morgan fingerprint density at radius 3 is 2.90 bits per heavy atom. The molecule has 3 heteroatoms. The number of benzene rings is 1. The Morgan fingerprint density at radius 1 is 1.25 bits per heavy atom. The second-order valence-corrected chi connectivity index (χ2v) is 5.24. The lowest BCUT2D eigenvalue weighted by atomic mass is 10.1. The lowest BCUT2D eigenvalue weighted by Crippen LogP contribution is -1.95. The van der Waals surface area contributed by atoms with Crippen molar-refractivity contribution in [1.82, 2.24) is 9.97 Å². The van der Waals surface area contributed by atoms with E-state index in [4.69, 9.17) is 4.74 Å². The van der Waals surface area contributed by atoms with Gasteiger partial charge in [-0.2, -0.15) is 0 Å². The maximum absolute atomic E-state index is 5.80. The highest BCUT2D eigenvalue weighted by Gasteiger charge is 2.02. The fourth-order valence-electron chi connectivity index (χ4n) is 2.02. The van der Waals surface area contributed by atoms with Gasteiger partial charge in [0, 0.05) is 0 Å². The highest BCUT2D eigenvalue weighted by Crippen LogP contribution is 2.22. The number of imidazole rings is 1. The predicted octanol–water partition coefficient (Wildman–Crippen LogP) is 4.63. The third-order valence-electron chi connectivity index (χ3n) is 3.17. The van der Waals surface area contributed by atoms with Gasteiger partial charge in [-0.3, -0.25) is 0 Å². The molecule has 0 saturated heterocycles. The zero-order valence-corrected chi connectivity index (χ0v) is 12.4. The van der Waals surface area contributed by atoms with E-state index >= 15 is 0 Å². The number of allylic oxidation sites excluding steroid dienone is 3. The molecule has 0 atom stereocenters. The topological polar surface area (TPSA) is 37.9 Å². The molecule has 0 fully saturated rings. The molecule has 1 heterocycles. The lowest BCUT2D eigenvalue weighted by Gasteiger charge is -2.05. The molecule has 106 valence electrons. The van der Waals surface area contributed by atoms with Crippen LogP contribution in [0.2, 0.25) is 0 Å². The summed E-state index contributed by atoms with van der Waals surface area (Å²) in [6.07, 6.45) is 8.28. The molecular weight excluding hydrogens is 248 g/mol. The molecule has 0 bridgehead atoms. The first-order valence-electron chi connectivity index (χ1n) is 7.00. The molecule has 0 unspecified atom stereocenters. The summed E-state index contributed by atoms with van der Waals surface area (Å²) in [5.41, 5.74) is 4.63. The molecule has 1 aromatic heterocycles. The number of nitrogens with zero attached hydrogens (tertiary/aromatic N) is 1.